The highest BCUT2D eigenvalue weighted by Gasteiger charge is 2.12. The molecule has 15 heavy (non-hydrogen) atoms. The van der Waals surface area contributed by atoms with Crippen molar-refractivity contribution >= 4 is 11.8 Å². The highest BCUT2D eigenvalue weighted by Crippen LogP contribution is 2.35. The molecule has 0 aliphatic carbocycles. The predicted octanol–water partition coefficient (Wildman–Crippen LogP) is 2.46. The molecule has 1 aromatic rings. The molecule has 1 aliphatic rings. The van der Waals surface area contributed by atoms with Crippen molar-refractivity contribution < 1.29 is 9.47 Å². The van der Waals surface area contributed by atoms with E-state index in [-0.39, 0.29) is 5.25 Å². The minimum Gasteiger partial charge on any atom is -0.486 e. The highest BCUT2D eigenvalue weighted by atomic mass is 32.2. The monoisotopic (exact) mass is 221 g/mol. The molecule has 3 nitrogen and oxygen atoms in total. The van der Waals surface area contributed by atoms with Gasteiger partial charge in [-0.2, -0.15) is 5.26 Å². The van der Waals surface area contributed by atoms with E-state index >= 15 is 0 Å². The number of hydrogen-bond acceptors (Lipinski definition) is 4. The zero-order chi connectivity index (χ0) is 10.7. The van der Waals surface area contributed by atoms with Gasteiger partial charge >= 0.3 is 0 Å². The Bertz CT molecular complexity index is 400. The molecular weight excluding hydrogens is 210 g/mol. The molecule has 0 bridgehead atoms. The van der Waals surface area contributed by atoms with Gasteiger partial charge in [-0.1, -0.05) is 0 Å². The second-order valence-corrected chi connectivity index (χ2v) is 4.61. The van der Waals surface area contributed by atoms with E-state index < -0.39 is 0 Å². The fourth-order valence-electron chi connectivity index (χ4n) is 1.33. The summed E-state index contributed by atoms with van der Waals surface area (Å²) in [5, 5.41) is 8.66. The van der Waals surface area contributed by atoms with Crippen LogP contribution in [0.3, 0.4) is 0 Å². The van der Waals surface area contributed by atoms with Crippen LogP contribution < -0.4 is 9.47 Å². The first-order chi connectivity index (χ1) is 7.29. The Labute approximate surface area is 93.0 Å². The lowest BCUT2D eigenvalue weighted by atomic mass is 10.3. The Balaban J connectivity index is 2.18. The lowest BCUT2D eigenvalue weighted by molar-refractivity contribution is 0.171. The van der Waals surface area contributed by atoms with Crippen LogP contribution in [-0.4, -0.2) is 18.5 Å². The molecule has 1 unspecified atom stereocenters. The smallest absolute Gasteiger partial charge is 0.162 e. The molecule has 0 saturated heterocycles. The van der Waals surface area contributed by atoms with Gasteiger partial charge in [-0.25, -0.2) is 0 Å². The minimum atomic E-state index is -0.0486. The van der Waals surface area contributed by atoms with Crippen molar-refractivity contribution in [2.24, 2.45) is 0 Å². The highest BCUT2D eigenvalue weighted by molar-refractivity contribution is 8.00. The number of nitriles is 1. The first-order valence-corrected chi connectivity index (χ1v) is 5.63. The van der Waals surface area contributed by atoms with Gasteiger partial charge in [0, 0.05) is 4.90 Å². The number of nitrogens with zero attached hydrogens (tertiary/aromatic N) is 1. The lowest BCUT2D eigenvalue weighted by Gasteiger charge is -2.18. The third-order valence-electron chi connectivity index (χ3n) is 2.01. The zero-order valence-electron chi connectivity index (χ0n) is 8.40. The van der Waals surface area contributed by atoms with Crippen molar-refractivity contribution in [1.29, 1.82) is 5.26 Å². The fourth-order valence-corrected chi connectivity index (χ4v) is 2.11. The van der Waals surface area contributed by atoms with Crippen LogP contribution in [-0.2, 0) is 0 Å². The molecule has 0 saturated carbocycles. The summed E-state index contributed by atoms with van der Waals surface area (Å²) in [4.78, 5) is 1.04. The van der Waals surface area contributed by atoms with Crippen LogP contribution >= 0.6 is 11.8 Å². The Morgan fingerprint density at radius 3 is 2.80 bits per heavy atom. The number of thioether (sulfide) groups is 1. The molecule has 0 spiro atoms. The van der Waals surface area contributed by atoms with E-state index in [1.165, 1.54) is 11.8 Å². The van der Waals surface area contributed by atoms with Crippen LogP contribution in [0.15, 0.2) is 23.1 Å². The summed E-state index contributed by atoms with van der Waals surface area (Å²) in [5.41, 5.74) is 0. The quantitative estimate of drug-likeness (QED) is 0.719. The predicted molar refractivity (Wildman–Crippen MR) is 58.4 cm³/mol. The summed E-state index contributed by atoms with van der Waals surface area (Å²) in [6.45, 7) is 3.07. The molecule has 1 aromatic carbocycles. The third kappa shape index (κ3) is 2.37. The number of fused-ring (bicyclic) bond motifs is 1. The Hall–Kier alpha value is -1.34. The Morgan fingerprint density at radius 2 is 2.07 bits per heavy atom. The molecule has 1 heterocycles. The second-order valence-electron chi connectivity index (χ2n) is 3.19. The van der Waals surface area contributed by atoms with Crippen molar-refractivity contribution in [1.82, 2.24) is 0 Å². The van der Waals surface area contributed by atoms with Crippen LogP contribution in [0.4, 0.5) is 0 Å². The maximum atomic E-state index is 8.71. The van der Waals surface area contributed by atoms with Gasteiger partial charge in [0.2, 0.25) is 0 Å². The van der Waals surface area contributed by atoms with Gasteiger partial charge < -0.3 is 9.47 Å². The van der Waals surface area contributed by atoms with Gasteiger partial charge in [-0.05, 0) is 25.1 Å². The number of hydrogen-bond donors (Lipinski definition) is 0. The van der Waals surface area contributed by atoms with Crippen LogP contribution in [0, 0.1) is 11.3 Å². The summed E-state index contributed by atoms with van der Waals surface area (Å²) in [7, 11) is 0. The molecule has 0 aromatic heterocycles. The van der Waals surface area contributed by atoms with Crippen LogP contribution in [0.5, 0.6) is 11.5 Å². The van der Waals surface area contributed by atoms with Crippen molar-refractivity contribution in [3.63, 3.8) is 0 Å². The molecule has 1 atom stereocenters. The van der Waals surface area contributed by atoms with Gasteiger partial charge in [0.25, 0.3) is 0 Å². The Morgan fingerprint density at radius 1 is 1.33 bits per heavy atom. The molecule has 2 rings (SSSR count). The number of rotatable bonds is 2. The van der Waals surface area contributed by atoms with Crippen molar-refractivity contribution in [2.45, 2.75) is 17.1 Å². The molecule has 0 N–H and O–H groups in total. The minimum absolute atomic E-state index is 0.0486. The topological polar surface area (TPSA) is 42.2 Å². The Kier molecular flexibility index (Phi) is 3.02. The first-order valence-electron chi connectivity index (χ1n) is 4.75. The van der Waals surface area contributed by atoms with Gasteiger partial charge in [-0.3, -0.25) is 0 Å². The molecule has 4 heteroatoms. The van der Waals surface area contributed by atoms with Crippen LogP contribution in [0.1, 0.15) is 6.92 Å². The average Bonchev–Trinajstić information content (AvgIpc) is 2.29. The van der Waals surface area contributed by atoms with E-state index in [0.717, 1.165) is 16.4 Å². The fraction of sp³-hybridized carbons (Fsp3) is 0.364. The van der Waals surface area contributed by atoms with Crippen molar-refractivity contribution in [3.05, 3.63) is 18.2 Å². The summed E-state index contributed by atoms with van der Waals surface area (Å²) < 4.78 is 10.9. The summed E-state index contributed by atoms with van der Waals surface area (Å²) >= 11 is 1.52. The standard InChI is InChI=1S/C11H11NO2S/c1-8(7-12)15-9-2-3-10-11(6-9)14-5-4-13-10/h2-3,6,8H,4-5H2,1H3. The van der Waals surface area contributed by atoms with Crippen molar-refractivity contribution in [3.8, 4) is 17.6 Å². The number of ether oxygens (including phenoxy) is 2. The largest absolute Gasteiger partial charge is 0.486 e. The zero-order valence-corrected chi connectivity index (χ0v) is 9.21. The second kappa shape index (κ2) is 4.45. The van der Waals surface area contributed by atoms with E-state index in [0.29, 0.717) is 13.2 Å². The van der Waals surface area contributed by atoms with Crippen LogP contribution in [0.25, 0.3) is 0 Å². The van der Waals surface area contributed by atoms with Gasteiger partial charge in [-0.15, -0.1) is 11.8 Å². The molecule has 0 amide bonds. The summed E-state index contributed by atoms with van der Waals surface area (Å²) in [5.74, 6) is 1.56. The van der Waals surface area contributed by atoms with Gasteiger partial charge in [0.15, 0.2) is 11.5 Å². The van der Waals surface area contributed by atoms with E-state index in [2.05, 4.69) is 6.07 Å². The van der Waals surface area contributed by atoms with E-state index in [1.54, 1.807) is 0 Å². The maximum Gasteiger partial charge on any atom is 0.162 e. The first kappa shape index (κ1) is 10.2. The van der Waals surface area contributed by atoms with Gasteiger partial charge in [0.1, 0.15) is 13.2 Å². The van der Waals surface area contributed by atoms with Gasteiger partial charge in [0.05, 0.1) is 11.3 Å². The summed E-state index contributed by atoms with van der Waals surface area (Å²) in [6.07, 6.45) is 0. The lowest BCUT2D eigenvalue weighted by Crippen LogP contribution is -2.15. The third-order valence-corrected chi connectivity index (χ3v) is 2.99. The van der Waals surface area contributed by atoms with Crippen LogP contribution in [0.2, 0.25) is 0 Å². The normalized spacial score (nSPS) is 15.5. The number of benzene rings is 1. The molecule has 1 aliphatic heterocycles. The molecule has 78 valence electrons. The average molecular weight is 221 g/mol. The summed E-state index contributed by atoms with van der Waals surface area (Å²) in [6, 6.07) is 7.95. The maximum absolute atomic E-state index is 8.71. The van der Waals surface area contributed by atoms with Crippen molar-refractivity contribution in [2.75, 3.05) is 13.2 Å². The molecule has 0 fully saturated rings. The van der Waals surface area contributed by atoms with E-state index in [9.17, 15) is 0 Å². The molecule has 0 radical (unpaired) electrons. The molecular formula is C11H11NO2S. The van der Waals surface area contributed by atoms with E-state index in [4.69, 9.17) is 14.7 Å². The SMILES string of the molecule is CC(C#N)Sc1ccc2c(c1)OCCO2. The van der Waals surface area contributed by atoms with E-state index in [1.807, 2.05) is 25.1 Å².